The number of nitrogens with zero attached hydrogens (tertiary/aromatic N) is 2. The van der Waals surface area contributed by atoms with E-state index >= 15 is 0 Å². The lowest BCUT2D eigenvalue weighted by molar-refractivity contribution is -0.123. The number of hydrogen-bond acceptors (Lipinski definition) is 3. The first-order valence-corrected chi connectivity index (χ1v) is 7.42. The summed E-state index contributed by atoms with van der Waals surface area (Å²) in [6, 6.07) is 5.14. The van der Waals surface area contributed by atoms with Gasteiger partial charge in [-0.05, 0) is 49.6 Å². The molecule has 0 radical (unpaired) electrons. The molecule has 1 aromatic carbocycles. The molecule has 0 unspecified atom stereocenters. The number of piperidine rings is 1. The summed E-state index contributed by atoms with van der Waals surface area (Å²) in [5.41, 5.74) is 0.457. The van der Waals surface area contributed by atoms with Crippen molar-refractivity contribution in [1.82, 2.24) is 4.90 Å². The molecule has 21 heavy (non-hydrogen) atoms. The first-order chi connectivity index (χ1) is 10.1. The molecule has 2 aliphatic heterocycles. The molecule has 4 nitrogen and oxygen atoms in total. The molecule has 112 valence electrons. The zero-order valence-electron chi connectivity index (χ0n) is 12.1. The Labute approximate surface area is 123 Å². The van der Waals surface area contributed by atoms with Gasteiger partial charge in [-0.1, -0.05) is 6.92 Å². The van der Waals surface area contributed by atoms with Gasteiger partial charge in [-0.2, -0.15) is 0 Å². The molecule has 1 aromatic rings. The van der Waals surface area contributed by atoms with E-state index in [0.717, 1.165) is 19.5 Å². The zero-order valence-corrected chi connectivity index (χ0v) is 12.1. The van der Waals surface area contributed by atoms with Crippen LogP contribution in [0.4, 0.5) is 10.1 Å². The van der Waals surface area contributed by atoms with Gasteiger partial charge in [-0.25, -0.2) is 9.29 Å². The number of halogens is 1. The van der Waals surface area contributed by atoms with Crippen molar-refractivity contribution in [2.24, 2.45) is 5.92 Å². The minimum Gasteiger partial charge on any atom is -0.291 e. The van der Waals surface area contributed by atoms with Crippen molar-refractivity contribution < 1.29 is 14.0 Å². The third kappa shape index (κ3) is 2.70. The number of imide groups is 1. The summed E-state index contributed by atoms with van der Waals surface area (Å²) in [4.78, 5) is 28.1. The third-order valence-corrected chi connectivity index (χ3v) is 4.34. The van der Waals surface area contributed by atoms with Crippen LogP contribution in [0.5, 0.6) is 0 Å². The first kappa shape index (κ1) is 14.2. The Bertz CT molecular complexity index is 558. The van der Waals surface area contributed by atoms with Crippen LogP contribution in [-0.4, -0.2) is 35.8 Å². The number of likely N-dealkylation sites (tertiary alicyclic amines) is 1. The molecule has 2 aliphatic rings. The van der Waals surface area contributed by atoms with Crippen LogP contribution in [0.25, 0.3) is 0 Å². The quantitative estimate of drug-likeness (QED) is 0.784. The van der Waals surface area contributed by atoms with Crippen LogP contribution in [0, 0.1) is 11.7 Å². The second-order valence-corrected chi connectivity index (χ2v) is 6.01. The summed E-state index contributed by atoms with van der Waals surface area (Å²) in [6.07, 6.45) is 2.46. The Kier molecular flexibility index (Phi) is 3.76. The van der Waals surface area contributed by atoms with Crippen molar-refractivity contribution in [3.8, 4) is 0 Å². The number of benzene rings is 1. The maximum atomic E-state index is 13.0. The van der Waals surface area contributed by atoms with Crippen LogP contribution < -0.4 is 4.90 Å². The van der Waals surface area contributed by atoms with Gasteiger partial charge in [-0.15, -0.1) is 0 Å². The molecule has 0 bridgehead atoms. The van der Waals surface area contributed by atoms with E-state index in [1.54, 1.807) is 0 Å². The Morgan fingerprint density at radius 2 is 1.90 bits per heavy atom. The van der Waals surface area contributed by atoms with Gasteiger partial charge >= 0.3 is 0 Å². The fraction of sp³-hybridized carbons (Fsp3) is 0.500. The molecular formula is C16H19FN2O2. The molecule has 3 rings (SSSR count). The van der Waals surface area contributed by atoms with Gasteiger partial charge in [0.05, 0.1) is 18.2 Å². The van der Waals surface area contributed by atoms with Crippen LogP contribution in [0.15, 0.2) is 24.3 Å². The summed E-state index contributed by atoms with van der Waals surface area (Å²) in [7, 11) is 0. The molecule has 2 atom stereocenters. The van der Waals surface area contributed by atoms with Crippen LogP contribution in [0.1, 0.15) is 26.2 Å². The van der Waals surface area contributed by atoms with E-state index in [1.807, 2.05) is 0 Å². The lowest BCUT2D eigenvalue weighted by atomic mass is 9.98. The lowest BCUT2D eigenvalue weighted by Gasteiger charge is -2.34. The molecule has 2 heterocycles. The highest BCUT2D eigenvalue weighted by Gasteiger charge is 2.43. The van der Waals surface area contributed by atoms with Crippen molar-refractivity contribution in [2.75, 3.05) is 18.0 Å². The highest BCUT2D eigenvalue weighted by atomic mass is 19.1. The molecule has 0 spiro atoms. The smallest absolute Gasteiger partial charge is 0.251 e. The third-order valence-electron chi connectivity index (χ3n) is 4.34. The highest BCUT2D eigenvalue weighted by Crippen LogP contribution is 2.28. The standard InChI is InChI=1S/C16H19FN2O2/c1-11-3-2-8-18(10-11)14-9-15(20)19(16(14)21)13-6-4-12(17)5-7-13/h4-7,11,14H,2-3,8-10H2,1H3/t11-,14-/m0/s1. The molecule has 2 amide bonds. The minimum atomic E-state index is -0.376. The Morgan fingerprint density at radius 3 is 2.57 bits per heavy atom. The average Bonchev–Trinajstić information content (AvgIpc) is 2.75. The van der Waals surface area contributed by atoms with Crippen molar-refractivity contribution in [1.29, 1.82) is 0 Å². The minimum absolute atomic E-state index is 0.180. The predicted octanol–water partition coefficient (Wildman–Crippen LogP) is 2.19. The van der Waals surface area contributed by atoms with Crippen LogP contribution in [-0.2, 0) is 9.59 Å². The van der Waals surface area contributed by atoms with E-state index in [0.29, 0.717) is 11.6 Å². The fourth-order valence-electron chi connectivity index (χ4n) is 3.27. The SMILES string of the molecule is C[C@H]1CCCN([C@H]2CC(=O)N(c3ccc(F)cc3)C2=O)C1. The number of rotatable bonds is 2. The van der Waals surface area contributed by atoms with E-state index in [9.17, 15) is 14.0 Å². The summed E-state index contributed by atoms with van der Waals surface area (Å²) < 4.78 is 13.0. The summed E-state index contributed by atoms with van der Waals surface area (Å²) in [5, 5.41) is 0. The van der Waals surface area contributed by atoms with Crippen molar-refractivity contribution in [3.05, 3.63) is 30.1 Å². The van der Waals surface area contributed by atoms with E-state index in [2.05, 4.69) is 11.8 Å². The molecule has 5 heteroatoms. The fourth-order valence-corrected chi connectivity index (χ4v) is 3.27. The van der Waals surface area contributed by atoms with E-state index in [1.165, 1.54) is 35.6 Å². The van der Waals surface area contributed by atoms with Gasteiger partial charge in [0.2, 0.25) is 5.91 Å². The van der Waals surface area contributed by atoms with Crippen LogP contribution >= 0.6 is 0 Å². The summed E-state index contributed by atoms with van der Waals surface area (Å²) >= 11 is 0. The largest absolute Gasteiger partial charge is 0.291 e. The van der Waals surface area contributed by atoms with Gasteiger partial charge < -0.3 is 0 Å². The Hall–Kier alpha value is -1.75. The van der Waals surface area contributed by atoms with Gasteiger partial charge in [0, 0.05) is 6.54 Å². The van der Waals surface area contributed by atoms with Gasteiger partial charge in [0.1, 0.15) is 5.82 Å². The molecule has 0 N–H and O–H groups in total. The zero-order chi connectivity index (χ0) is 15.0. The molecule has 2 saturated heterocycles. The normalized spacial score (nSPS) is 27.4. The highest BCUT2D eigenvalue weighted by molar-refractivity contribution is 6.22. The maximum Gasteiger partial charge on any atom is 0.251 e. The van der Waals surface area contributed by atoms with Crippen LogP contribution in [0.2, 0.25) is 0 Å². The Balaban J connectivity index is 1.80. The van der Waals surface area contributed by atoms with Crippen molar-refractivity contribution >= 4 is 17.5 Å². The monoisotopic (exact) mass is 290 g/mol. The number of carbonyl (C=O) groups excluding carboxylic acids is 2. The van der Waals surface area contributed by atoms with Crippen LogP contribution in [0.3, 0.4) is 0 Å². The molecule has 2 fully saturated rings. The molecule has 0 aliphatic carbocycles. The van der Waals surface area contributed by atoms with Gasteiger partial charge in [-0.3, -0.25) is 14.5 Å². The van der Waals surface area contributed by atoms with Crippen molar-refractivity contribution in [3.63, 3.8) is 0 Å². The summed E-state index contributed by atoms with van der Waals surface area (Å²) in [5.74, 6) is -0.198. The second kappa shape index (κ2) is 5.56. The maximum absolute atomic E-state index is 13.0. The number of amides is 2. The lowest BCUT2D eigenvalue weighted by Crippen LogP contribution is -2.46. The predicted molar refractivity (Wildman–Crippen MR) is 77.3 cm³/mol. The first-order valence-electron chi connectivity index (χ1n) is 7.42. The second-order valence-electron chi connectivity index (χ2n) is 6.01. The topological polar surface area (TPSA) is 40.6 Å². The molecular weight excluding hydrogens is 271 g/mol. The van der Waals surface area contributed by atoms with E-state index in [4.69, 9.17) is 0 Å². The molecule has 0 aromatic heterocycles. The number of carbonyl (C=O) groups is 2. The van der Waals surface area contributed by atoms with E-state index < -0.39 is 0 Å². The summed E-state index contributed by atoms with van der Waals surface area (Å²) in [6.45, 7) is 3.90. The number of hydrogen-bond donors (Lipinski definition) is 0. The molecule has 0 saturated carbocycles. The van der Waals surface area contributed by atoms with Gasteiger partial charge in [0.25, 0.3) is 5.91 Å². The average molecular weight is 290 g/mol. The number of anilines is 1. The van der Waals surface area contributed by atoms with E-state index in [-0.39, 0.29) is 30.1 Å². The van der Waals surface area contributed by atoms with Crippen molar-refractivity contribution in [2.45, 2.75) is 32.2 Å². The Morgan fingerprint density at radius 1 is 1.19 bits per heavy atom. The van der Waals surface area contributed by atoms with Gasteiger partial charge in [0.15, 0.2) is 0 Å².